The first-order chi connectivity index (χ1) is 8.43. The van der Waals surface area contributed by atoms with Crippen molar-refractivity contribution >= 4 is 11.0 Å². The van der Waals surface area contributed by atoms with Crippen molar-refractivity contribution < 1.29 is 4.74 Å². The van der Waals surface area contributed by atoms with Gasteiger partial charge in [0.25, 0.3) is 0 Å². The lowest BCUT2D eigenvalue weighted by Crippen LogP contribution is -2.30. The van der Waals surface area contributed by atoms with Gasteiger partial charge in [-0.05, 0) is 44.0 Å². The molecule has 1 aromatic heterocycles. The highest BCUT2D eigenvalue weighted by molar-refractivity contribution is 5.80. The van der Waals surface area contributed by atoms with Gasteiger partial charge < -0.3 is 15.0 Å². The maximum absolute atomic E-state index is 5.91. The number of rotatable bonds is 3. The summed E-state index contributed by atoms with van der Waals surface area (Å²) in [6, 6.07) is 6.00. The van der Waals surface area contributed by atoms with Gasteiger partial charge in [0, 0.05) is 0 Å². The van der Waals surface area contributed by atoms with Gasteiger partial charge >= 0.3 is 0 Å². The number of hydrogen-bond acceptors (Lipinski definition) is 3. The molecule has 0 unspecified atom stereocenters. The lowest BCUT2D eigenvalue weighted by molar-refractivity contribution is 0.217. The Hall–Kier alpha value is -1.55. The molecule has 4 nitrogen and oxygen atoms in total. The molecule has 17 heavy (non-hydrogen) atoms. The van der Waals surface area contributed by atoms with E-state index >= 15 is 0 Å². The van der Waals surface area contributed by atoms with E-state index in [-0.39, 0.29) is 0 Å². The zero-order valence-corrected chi connectivity index (χ0v) is 9.78. The molecule has 2 N–H and O–H groups in total. The van der Waals surface area contributed by atoms with Crippen LogP contribution >= 0.6 is 0 Å². The van der Waals surface area contributed by atoms with E-state index in [0.29, 0.717) is 5.92 Å². The summed E-state index contributed by atoms with van der Waals surface area (Å²) < 4.78 is 5.91. The number of aromatic nitrogens is 2. The van der Waals surface area contributed by atoms with Crippen LogP contribution in [0.15, 0.2) is 24.5 Å². The van der Waals surface area contributed by atoms with Gasteiger partial charge in [0.05, 0.1) is 18.5 Å². The van der Waals surface area contributed by atoms with E-state index in [1.807, 2.05) is 18.2 Å². The summed E-state index contributed by atoms with van der Waals surface area (Å²) >= 11 is 0. The molecule has 3 rings (SSSR count). The van der Waals surface area contributed by atoms with Crippen molar-refractivity contribution in [3.8, 4) is 5.75 Å². The minimum atomic E-state index is 0.672. The second kappa shape index (κ2) is 4.75. The van der Waals surface area contributed by atoms with E-state index < -0.39 is 0 Å². The molecule has 0 radical (unpaired) electrons. The molecule has 1 aliphatic heterocycles. The van der Waals surface area contributed by atoms with Crippen molar-refractivity contribution in [2.24, 2.45) is 5.92 Å². The summed E-state index contributed by atoms with van der Waals surface area (Å²) in [6.07, 6.45) is 4.12. The smallest absolute Gasteiger partial charge is 0.147 e. The Labute approximate surface area is 100 Å². The minimum Gasteiger partial charge on any atom is -0.491 e. The van der Waals surface area contributed by atoms with Gasteiger partial charge in [0.2, 0.25) is 0 Å². The number of hydrogen-bond donors (Lipinski definition) is 2. The highest BCUT2D eigenvalue weighted by Crippen LogP contribution is 2.23. The number of aromatic amines is 1. The third kappa shape index (κ3) is 2.26. The molecule has 1 aliphatic rings. The van der Waals surface area contributed by atoms with Gasteiger partial charge in [-0.2, -0.15) is 0 Å². The largest absolute Gasteiger partial charge is 0.491 e. The lowest BCUT2D eigenvalue weighted by atomic mass is 9.99. The Morgan fingerprint density at radius 3 is 3.06 bits per heavy atom. The molecule has 2 aromatic rings. The predicted octanol–water partition coefficient (Wildman–Crippen LogP) is 1.94. The first-order valence-corrected chi connectivity index (χ1v) is 6.19. The highest BCUT2D eigenvalue weighted by Gasteiger charge is 2.14. The summed E-state index contributed by atoms with van der Waals surface area (Å²) in [5, 5.41) is 3.37. The second-order valence-corrected chi connectivity index (χ2v) is 4.56. The third-order valence-corrected chi connectivity index (χ3v) is 3.35. The molecular weight excluding hydrogens is 214 g/mol. The van der Waals surface area contributed by atoms with Crippen LogP contribution in [0, 0.1) is 5.92 Å². The van der Waals surface area contributed by atoms with Crippen LogP contribution < -0.4 is 10.1 Å². The molecule has 0 bridgehead atoms. The van der Waals surface area contributed by atoms with Gasteiger partial charge in [0.1, 0.15) is 11.3 Å². The van der Waals surface area contributed by atoms with Gasteiger partial charge in [-0.15, -0.1) is 0 Å². The van der Waals surface area contributed by atoms with Crippen LogP contribution in [0.25, 0.3) is 11.0 Å². The predicted molar refractivity (Wildman–Crippen MR) is 67.2 cm³/mol. The monoisotopic (exact) mass is 231 g/mol. The third-order valence-electron chi connectivity index (χ3n) is 3.35. The number of benzene rings is 1. The summed E-state index contributed by atoms with van der Waals surface area (Å²) in [7, 11) is 0. The van der Waals surface area contributed by atoms with Crippen molar-refractivity contribution in [1.82, 2.24) is 15.3 Å². The van der Waals surface area contributed by atoms with Gasteiger partial charge in [-0.1, -0.05) is 6.07 Å². The zero-order chi connectivity index (χ0) is 11.5. The Kier molecular flexibility index (Phi) is 2.96. The van der Waals surface area contributed by atoms with Crippen molar-refractivity contribution in [3.63, 3.8) is 0 Å². The fourth-order valence-corrected chi connectivity index (χ4v) is 2.31. The maximum atomic E-state index is 5.91. The second-order valence-electron chi connectivity index (χ2n) is 4.56. The molecular formula is C13H17N3O. The van der Waals surface area contributed by atoms with Crippen LogP contribution in [0.4, 0.5) is 0 Å². The van der Waals surface area contributed by atoms with Crippen LogP contribution in [0.5, 0.6) is 5.75 Å². The van der Waals surface area contributed by atoms with Crippen molar-refractivity contribution in [2.45, 2.75) is 12.8 Å². The summed E-state index contributed by atoms with van der Waals surface area (Å²) in [5.74, 6) is 1.56. The maximum Gasteiger partial charge on any atom is 0.147 e. The Morgan fingerprint density at radius 2 is 2.18 bits per heavy atom. The number of piperidine rings is 1. The average Bonchev–Trinajstić information content (AvgIpc) is 2.86. The van der Waals surface area contributed by atoms with Gasteiger partial charge in [-0.25, -0.2) is 4.98 Å². The number of fused-ring (bicyclic) bond motifs is 1. The Balaban J connectivity index is 1.69. The molecule has 0 aliphatic carbocycles. The summed E-state index contributed by atoms with van der Waals surface area (Å²) in [5.41, 5.74) is 1.97. The van der Waals surface area contributed by atoms with E-state index in [1.54, 1.807) is 6.33 Å². The number of imidazole rings is 1. The van der Waals surface area contributed by atoms with Crippen molar-refractivity contribution in [2.75, 3.05) is 19.7 Å². The van der Waals surface area contributed by atoms with E-state index in [0.717, 1.165) is 36.5 Å². The van der Waals surface area contributed by atoms with Crippen LogP contribution in [0.2, 0.25) is 0 Å². The topological polar surface area (TPSA) is 49.9 Å². The van der Waals surface area contributed by atoms with E-state index in [4.69, 9.17) is 4.74 Å². The molecule has 0 atom stereocenters. The number of para-hydroxylation sites is 1. The molecule has 0 amide bonds. The molecule has 0 spiro atoms. The first kappa shape index (κ1) is 10.6. The van der Waals surface area contributed by atoms with Crippen LogP contribution in [0.1, 0.15) is 12.8 Å². The molecule has 1 aromatic carbocycles. The molecule has 1 saturated heterocycles. The number of nitrogens with zero attached hydrogens (tertiary/aromatic N) is 1. The fourth-order valence-electron chi connectivity index (χ4n) is 2.31. The molecule has 90 valence electrons. The molecule has 1 fully saturated rings. The minimum absolute atomic E-state index is 0.672. The normalized spacial score (nSPS) is 17.4. The van der Waals surface area contributed by atoms with Crippen LogP contribution in [-0.4, -0.2) is 29.7 Å². The lowest BCUT2D eigenvalue weighted by Gasteiger charge is -2.22. The quantitative estimate of drug-likeness (QED) is 0.848. The summed E-state index contributed by atoms with van der Waals surface area (Å²) in [6.45, 7) is 3.02. The van der Waals surface area contributed by atoms with E-state index in [9.17, 15) is 0 Å². The number of H-pyrrole nitrogens is 1. The first-order valence-electron chi connectivity index (χ1n) is 6.19. The highest BCUT2D eigenvalue weighted by atomic mass is 16.5. The van der Waals surface area contributed by atoms with Gasteiger partial charge in [0.15, 0.2) is 0 Å². The molecule has 4 heteroatoms. The Bertz CT molecular complexity index is 488. The standard InChI is InChI=1S/C13H17N3O/c1-2-11-13(16-9-15-11)12(3-1)17-8-10-4-6-14-7-5-10/h1-3,9-10,14H,4-8H2,(H,15,16). The Morgan fingerprint density at radius 1 is 1.29 bits per heavy atom. The average molecular weight is 231 g/mol. The SMILES string of the molecule is c1cc(OCC2CCNCC2)c2nc[nH]c2c1. The van der Waals surface area contributed by atoms with Crippen LogP contribution in [0.3, 0.4) is 0 Å². The van der Waals surface area contributed by atoms with E-state index in [2.05, 4.69) is 15.3 Å². The fraction of sp³-hybridized carbons (Fsp3) is 0.462. The zero-order valence-electron chi connectivity index (χ0n) is 9.78. The van der Waals surface area contributed by atoms with Gasteiger partial charge in [-0.3, -0.25) is 0 Å². The molecule has 2 heterocycles. The van der Waals surface area contributed by atoms with Crippen molar-refractivity contribution in [1.29, 1.82) is 0 Å². The van der Waals surface area contributed by atoms with Crippen LogP contribution in [-0.2, 0) is 0 Å². The number of ether oxygens (including phenoxy) is 1. The number of nitrogens with one attached hydrogen (secondary N) is 2. The van der Waals surface area contributed by atoms with Crippen molar-refractivity contribution in [3.05, 3.63) is 24.5 Å². The molecule has 0 saturated carbocycles. The van der Waals surface area contributed by atoms with E-state index in [1.165, 1.54) is 12.8 Å². The summed E-state index contributed by atoms with van der Waals surface area (Å²) in [4.78, 5) is 7.39.